The molecule has 0 radical (unpaired) electrons. The van der Waals surface area contributed by atoms with Crippen LogP contribution in [0.15, 0.2) is 59.4 Å². The van der Waals surface area contributed by atoms with Crippen LogP contribution in [0.3, 0.4) is 0 Å². The van der Waals surface area contributed by atoms with Crippen molar-refractivity contribution >= 4 is 16.9 Å². The minimum Gasteiger partial charge on any atom is -0.350 e. The highest BCUT2D eigenvalue weighted by Gasteiger charge is 2.19. The molecule has 0 aliphatic heterocycles. The van der Waals surface area contributed by atoms with Crippen molar-refractivity contribution in [2.75, 3.05) is 0 Å². The largest absolute Gasteiger partial charge is 0.350 e. The topological polar surface area (TPSA) is 68.9 Å². The Bertz CT molecular complexity index is 1340. The number of carbonyl (C=O) groups excluding carboxylic acids is 1. The van der Waals surface area contributed by atoms with E-state index in [4.69, 9.17) is 5.10 Å². The Morgan fingerprint density at radius 1 is 1.06 bits per heavy atom. The number of halogens is 1. The number of pyridine rings is 1. The van der Waals surface area contributed by atoms with Crippen molar-refractivity contribution in [1.82, 2.24) is 19.7 Å². The second-order valence-corrected chi connectivity index (χ2v) is 7.88. The Morgan fingerprint density at radius 2 is 1.75 bits per heavy atom. The fourth-order valence-electron chi connectivity index (χ4n) is 3.84. The van der Waals surface area contributed by atoms with Crippen LogP contribution < -0.4 is 10.9 Å². The molecule has 0 unspecified atom stereocenters. The van der Waals surface area contributed by atoms with Crippen LogP contribution in [-0.4, -0.2) is 20.3 Å². The van der Waals surface area contributed by atoms with Crippen LogP contribution in [0.4, 0.5) is 4.39 Å². The molecule has 0 saturated carbocycles. The van der Waals surface area contributed by atoms with Crippen LogP contribution >= 0.6 is 0 Å². The lowest BCUT2D eigenvalue weighted by molar-refractivity contribution is -0.121. The van der Waals surface area contributed by atoms with E-state index in [0.717, 1.165) is 33.5 Å². The Balaban J connectivity index is 1.73. The van der Waals surface area contributed by atoms with Gasteiger partial charge in [0.1, 0.15) is 18.0 Å². The zero-order chi connectivity index (χ0) is 22.8. The highest BCUT2D eigenvalue weighted by atomic mass is 19.1. The molecule has 2 aromatic carbocycles. The summed E-state index contributed by atoms with van der Waals surface area (Å²) in [5, 5.41) is 8.40. The van der Waals surface area contributed by atoms with E-state index in [2.05, 4.69) is 5.32 Å². The molecule has 0 bridgehead atoms. The van der Waals surface area contributed by atoms with Crippen LogP contribution in [0.2, 0.25) is 0 Å². The second-order valence-electron chi connectivity index (χ2n) is 7.88. The van der Waals surface area contributed by atoms with Gasteiger partial charge in [0, 0.05) is 18.0 Å². The minimum absolute atomic E-state index is 0.141. The SMILES string of the molecule is CCc1cc(=O)n(CC(=O)NCc2ccc(F)cc2)c2c1c(C)nn2-c1ccc(C)cc1. The summed E-state index contributed by atoms with van der Waals surface area (Å²) >= 11 is 0. The van der Waals surface area contributed by atoms with Gasteiger partial charge in [-0.25, -0.2) is 9.07 Å². The lowest BCUT2D eigenvalue weighted by atomic mass is 10.1. The van der Waals surface area contributed by atoms with E-state index in [1.807, 2.05) is 45.0 Å². The molecule has 1 N–H and O–H groups in total. The van der Waals surface area contributed by atoms with Gasteiger partial charge in [0.15, 0.2) is 0 Å². The van der Waals surface area contributed by atoms with E-state index in [0.29, 0.717) is 12.1 Å². The van der Waals surface area contributed by atoms with E-state index < -0.39 is 0 Å². The zero-order valence-electron chi connectivity index (χ0n) is 18.4. The molecule has 0 atom stereocenters. The molecule has 32 heavy (non-hydrogen) atoms. The number of carbonyl (C=O) groups is 1. The standard InChI is InChI=1S/C25H25FN4O2/c1-4-19-13-23(32)29(15-22(31)27-14-18-7-9-20(26)10-8-18)25-24(19)17(3)28-30(25)21-11-5-16(2)6-12-21/h5-13H,4,14-15H2,1-3H3,(H,27,31). The number of rotatable bonds is 6. The van der Waals surface area contributed by atoms with Crippen molar-refractivity contribution < 1.29 is 9.18 Å². The molecular weight excluding hydrogens is 407 g/mol. The highest BCUT2D eigenvalue weighted by molar-refractivity contribution is 5.85. The van der Waals surface area contributed by atoms with Gasteiger partial charge < -0.3 is 5.32 Å². The fraction of sp³-hybridized carbons (Fsp3) is 0.240. The Hall–Kier alpha value is -3.74. The number of benzene rings is 2. The van der Waals surface area contributed by atoms with E-state index in [1.165, 1.54) is 16.7 Å². The van der Waals surface area contributed by atoms with Gasteiger partial charge in [0.25, 0.3) is 5.56 Å². The average Bonchev–Trinajstić information content (AvgIpc) is 3.13. The monoisotopic (exact) mass is 432 g/mol. The summed E-state index contributed by atoms with van der Waals surface area (Å²) in [4.78, 5) is 25.7. The number of aryl methyl sites for hydroxylation is 3. The van der Waals surface area contributed by atoms with Gasteiger partial charge in [-0.2, -0.15) is 5.10 Å². The maximum Gasteiger partial charge on any atom is 0.252 e. The van der Waals surface area contributed by atoms with Crippen LogP contribution in [0.5, 0.6) is 0 Å². The molecule has 7 heteroatoms. The number of nitrogens with one attached hydrogen (secondary N) is 1. The smallest absolute Gasteiger partial charge is 0.252 e. The summed E-state index contributed by atoms with van der Waals surface area (Å²) in [6, 6.07) is 15.4. The molecule has 0 spiro atoms. The van der Waals surface area contributed by atoms with E-state index in [1.54, 1.807) is 22.9 Å². The van der Waals surface area contributed by atoms with Gasteiger partial charge in [-0.1, -0.05) is 36.8 Å². The van der Waals surface area contributed by atoms with E-state index >= 15 is 0 Å². The summed E-state index contributed by atoms with van der Waals surface area (Å²) in [6.07, 6.45) is 0.684. The predicted octanol–water partition coefficient (Wildman–Crippen LogP) is 3.82. The molecule has 1 amide bonds. The third kappa shape index (κ3) is 4.19. The zero-order valence-corrected chi connectivity index (χ0v) is 18.4. The fourth-order valence-corrected chi connectivity index (χ4v) is 3.84. The van der Waals surface area contributed by atoms with Gasteiger partial charge >= 0.3 is 0 Å². The number of amides is 1. The van der Waals surface area contributed by atoms with Crippen molar-refractivity contribution in [3.05, 3.63) is 93.2 Å². The predicted molar refractivity (Wildman–Crippen MR) is 122 cm³/mol. The summed E-state index contributed by atoms with van der Waals surface area (Å²) in [5.74, 6) is -0.638. The number of nitrogens with zero attached hydrogens (tertiary/aromatic N) is 3. The number of fused-ring (bicyclic) bond motifs is 1. The first kappa shape index (κ1) is 21.5. The van der Waals surface area contributed by atoms with Crippen molar-refractivity contribution in [1.29, 1.82) is 0 Å². The first-order chi connectivity index (χ1) is 15.4. The third-order valence-corrected chi connectivity index (χ3v) is 5.54. The number of aromatic nitrogens is 3. The second kappa shape index (κ2) is 8.78. The first-order valence-electron chi connectivity index (χ1n) is 10.6. The average molecular weight is 432 g/mol. The molecule has 0 aliphatic carbocycles. The van der Waals surface area contributed by atoms with Crippen molar-refractivity contribution in [3.63, 3.8) is 0 Å². The van der Waals surface area contributed by atoms with Crippen LogP contribution in [0.25, 0.3) is 16.7 Å². The van der Waals surface area contributed by atoms with Crippen molar-refractivity contribution in [2.45, 2.75) is 40.3 Å². The molecule has 2 heterocycles. The molecule has 0 fully saturated rings. The minimum atomic E-state index is -0.329. The third-order valence-electron chi connectivity index (χ3n) is 5.54. The molecular formula is C25H25FN4O2. The molecule has 6 nitrogen and oxygen atoms in total. The Morgan fingerprint density at radius 3 is 2.41 bits per heavy atom. The van der Waals surface area contributed by atoms with Gasteiger partial charge in [-0.05, 0) is 55.7 Å². The van der Waals surface area contributed by atoms with Crippen molar-refractivity contribution in [3.8, 4) is 5.69 Å². The highest BCUT2D eigenvalue weighted by Crippen LogP contribution is 2.25. The number of hydrogen-bond donors (Lipinski definition) is 1. The van der Waals surface area contributed by atoms with Crippen LogP contribution in [0, 0.1) is 19.7 Å². The van der Waals surface area contributed by atoms with Gasteiger partial charge in [-0.15, -0.1) is 0 Å². The maximum atomic E-state index is 13.1. The normalized spacial score (nSPS) is 11.1. The van der Waals surface area contributed by atoms with Gasteiger partial charge in [-0.3, -0.25) is 14.2 Å². The lowest BCUT2D eigenvalue weighted by Gasteiger charge is -2.13. The van der Waals surface area contributed by atoms with Crippen LogP contribution in [0.1, 0.15) is 29.3 Å². The first-order valence-corrected chi connectivity index (χ1v) is 10.6. The lowest BCUT2D eigenvalue weighted by Crippen LogP contribution is -2.33. The number of hydrogen-bond acceptors (Lipinski definition) is 3. The molecule has 0 aliphatic rings. The summed E-state index contributed by atoms with van der Waals surface area (Å²) < 4.78 is 16.3. The Kier molecular flexibility index (Phi) is 5.90. The quantitative estimate of drug-likeness (QED) is 0.504. The molecule has 164 valence electrons. The summed E-state index contributed by atoms with van der Waals surface area (Å²) in [5.41, 5.74) is 4.78. The summed E-state index contributed by atoms with van der Waals surface area (Å²) in [7, 11) is 0. The van der Waals surface area contributed by atoms with E-state index in [9.17, 15) is 14.0 Å². The van der Waals surface area contributed by atoms with Gasteiger partial charge in [0.05, 0.1) is 11.4 Å². The molecule has 0 saturated heterocycles. The van der Waals surface area contributed by atoms with Crippen LogP contribution in [-0.2, 0) is 24.3 Å². The Labute approximate surface area is 185 Å². The molecule has 4 rings (SSSR count). The van der Waals surface area contributed by atoms with Gasteiger partial charge in [0.2, 0.25) is 5.91 Å². The molecule has 2 aromatic heterocycles. The van der Waals surface area contributed by atoms with E-state index in [-0.39, 0.29) is 30.4 Å². The summed E-state index contributed by atoms with van der Waals surface area (Å²) in [6.45, 7) is 6.02. The maximum absolute atomic E-state index is 13.1. The van der Waals surface area contributed by atoms with Crippen molar-refractivity contribution in [2.24, 2.45) is 0 Å². The molecule has 4 aromatic rings.